The van der Waals surface area contributed by atoms with Crippen LogP contribution in [0.3, 0.4) is 0 Å². The van der Waals surface area contributed by atoms with Crippen LogP contribution in [0.25, 0.3) is 11.1 Å². The van der Waals surface area contributed by atoms with E-state index in [0.717, 1.165) is 48.5 Å². The van der Waals surface area contributed by atoms with Gasteiger partial charge < -0.3 is 19.5 Å². The van der Waals surface area contributed by atoms with Crippen LogP contribution in [0, 0.1) is 25.2 Å². The van der Waals surface area contributed by atoms with E-state index < -0.39 is 0 Å². The van der Waals surface area contributed by atoms with Gasteiger partial charge in [0.25, 0.3) is 6.47 Å². The predicted molar refractivity (Wildman–Crippen MR) is 202 cm³/mol. The van der Waals surface area contributed by atoms with E-state index >= 15 is 0 Å². The van der Waals surface area contributed by atoms with E-state index in [1.54, 1.807) is 12.4 Å². The van der Waals surface area contributed by atoms with Gasteiger partial charge in [-0.05, 0) is 137 Å². The van der Waals surface area contributed by atoms with Crippen LogP contribution >= 0.6 is 11.6 Å². The van der Waals surface area contributed by atoms with Crippen LogP contribution in [0.2, 0.25) is 5.02 Å². The SMILES string of the molecule is Cc1c(CCCCN2CCCC2)cccc1-c1cccc(COc2cc(OCc3cncc(C#N)c3)c(CN3CCCC3)cc2Cl)c1C.O=CO. The van der Waals surface area contributed by atoms with Gasteiger partial charge in [0, 0.05) is 36.1 Å². The summed E-state index contributed by atoms with van der Waals surface area (Å²) in [6.07, 6.45) is 12.0. The average molecular weight is 709 g/mol. The first kappa shape index (κ1) is 37.8. The standard InChI is InChI=1S/C41H47ClN4O2.CH2O2/c1-30-34(11-3-4-16-45-17-5-6-18-45)12-9-14-37(30)38-15-10-13-35(31(38)2)29-48-41-23-40(47-28-33-21-32(24-43)25-44-26-33)36(22-39(41)42)27-46-19-7-8-20-46;2-1-3/h9-10,12-15,21-23,25-26H,3-8,11,16-20,27-29H2,1-2H3;1H,(H,2,3). The van der Waals surface area contributed by atoms with Crippen molar-refractivity contribution in [2.24, 2.45) is 0 Å². The van der Waals surface area contributed by atoms with Gasteiger partial charge in [0.15, 0.2) is 0 Å². The molecule has 51 heavy (non-hydrogen) atoms. The third kappa shape index (κ3) is 10.6. The van der Waals surface area contributed by atoms with Crippen molar-refractivity contribution in [3.8, 4) is 28.7 Å². The van der Waals surface area contributed by atoms with Gasteiger partial charge in [0.2, 0.25) is 0 Å². The van der Waals surface area contributed by atoms with Crippen molar-refractivity contribution in [3.63, 3.8) is 0 Å². The molecule has 1 aromatic heterocycles. The number of nitriles is 1. The van der Waals surface area contributed by atoms with Crippen molar-refractivity contribution in [2.75, 3.05) is 32.7 Å². The lowest BCUT2D eigenvalue weighted by Crippen LogP contribution is -2.20. The summed E-state index contributed by atoms with van der Waals surface area (Å²) in [5.41, 5.74) is 10.1. The van der Waals surface area contributed by atoms with Gasteiger partial charge in [-0.15, -0.1) is 0 Å². The zero-order valence-electron chi connectivity index (χ0n) is 29.9. The van der Waals surface area contributed by atoms with Gasteiger partial charge in [0.1, 0.15) is 30.8 Å². The number of aryl methyl sites for hydroxylation is 1. The van der Waals surface area contributed by atoms with Crippen LogP contribution < -0.4 is 9.47 Å². The minimum absolute atomic E-state index is 0.250. The molecule has 0 amide bonds. The molecule has 3 heterocycles. The van der Waals surface area contributed by atoms with E-state index in [2.05, 4.69) is 71.1 Å². The van der Waals surface area contributed by atoms with Crippen molar-refractivity contribution in [3.05, 3.63) is 111 Å². The smallest absolute Gasteiger partial charge is 0.290 e. The third-order valence-electron chi connectivity index (χ3n) is 9.96. The first-order chi connectivity index (χ1) is 24.9. The normalized spacial score (nSPS) is 14.5. The Balaban J connectivity index is 0.00000162. The second-order valence-corrected chi connectivity index (χ2v) is 13.8. The summed E-state index contributed by atoms with van der Waals surface area (Å²) in [5, 5.41) is 16.8. The third-order valence-corrected chi connectivity index (χ3v) is 10.3. The molecule has 0 saturated carbocycles. The molecule has 2 aliphatic rings. The summed E-state index contributed by atoms with van der Waals surface area (Å²) >= 11 is 6.86. The monoisotopic (exact) mass is 708 g/mol. The molecule has 2 fully saturated rings. The molecule has 0 bridgehead atoms. The van der Waals surface area contributed by atoms with Gasteiger partial charge >= 0.3 is 0 Å². The quantitative estimate of drug-likeness (QED) is 0.103. The summed E-state index contributed by atoms with van der Waals surface area (Å²) < 4.78 is 12.8. The molecule has 0 atom stereocenters. The fourth-order valence-electron chi connectivity index (χ4n) is 7.11. The molecule has 0 aliphatic carbocycles. The fourth-order valence-corrected chi connectivity index (χ4v) is 7.35. The zero-order chi connectivity index (χ0) is 36.0. The summed E-state index contributed by atoms with van der Waals surface area (Å²) in [7, 11) is 0. The summed E-state index contributed by atoms with van der Waals surface area (Å²) in [4.78, 5) is 17.6. The molecule has 0 unspecified atom stereocenters. The number of nitrogens with zero attached hydrogens (tertiary/aromatic N) is 4. The van der Waals surface area contributed by atoms with Crippen molar-refractivity contribution in [1.29, 1.82) is 5.26 Å². The van der Waals surface area contributed by atoms with E-state index in [1.165, 1.54) is 86.0 Å². The lowest BCUT2D eigenvalue weighted by molar-refractivity contribution is -0.122. The lowest BCUT2D eigenvalue weighted by Gasteiger charge is -2.20. The highest BCUT2D eigenvalue weighted by Crippen LogP contribution is 2.36. The Bertz CT molecular complexity index is 1790. The highest BCUT2D eigenvalue weighted by Gasteiger charge is 2.19. The van der Waals surface area contributed by atoms with Crippen molar-refractivity contribution < 1.29 is 19.4 Å². The van der Waals surface area contributed by atoms with Gasteiger partial charge in [-0.3, -0.25) is 14.7 Å². The maximum Gasteiger partial charge on any atom is 0.290 e. The number of hydrogen-bond donors (Lipinski definition) is 1. The highest BCUT2D eigenvalue weighted by molar-refractivity contribution is 6.32. The Morgan fingerprint density at radius 1 is 0.824 bits per heavy atom. The predicted octanol–water partition coefficient (Wildman–Crippen LogP) is 8.76. The number of rotatable bonds is 14. The minimum Gasteiger partial charge on any atom is -0.488 e. The van der Waals surface area contributed by atoms with Gasteiger partial charge in [-0.2, -0.15) is 5.26 Å². The number of hydrogen-bond acceptors (Lipinski definition) is 7. The second-order valence-electron chi connectivity index (χ2n) is 13.4. The van der Waals surface area contributed by atoms with E-state index in [1.807, 2.05) is 18.2 Å². The molecule has 3 aromatic carbocycles. The van der Waals surface area contributed by atoms with Crippen molar-refractivity contribution in [2.45, 2.75) is 78.6 Å². The maximum absolute atomic E-state index is 9.30. The lowest BCUT2D eigenvalue weighted by atomic mass is 9.90. The molecule has 2 aliphatic heterocycles. The first-order valence-corrected chi connectivity index (χ1v) is 18.4. The number of unbranched alkanes of at least 4 members (excludes halogenated alkanes) is 1. The van der Waals surface area contributed by atoms with Gasteiger partial charge in [-0.1, -0.05) is 48.0 Å². The number of likely N-dealkylation sites (tertiary alicyclic amines) is 2. The number of pyridine rings is 1. The number of aromatic nitrogens is 1. The van der Waals surface area contributed by atoms with Crippen LogP contribution in [0.15, 0.2) is 67.0 Å². The number of halogens is 1. The molecule has 0 spiro atoms. The molecular weight excluding hydrogens is 660 g/mol. The van der Waals surface area contributed by atoms with Crippen LogP contribution in [0.4, 0.5) is 0 Å². The average Bonchev–Trinajstić information content (AvgIpc) is 3.86. The summed E-state index contributed by atoms with van der Waals surface area (Å²) in [6.45, 7) is 11.6. The Labute approximate surface area is 307 Å². The molecule has 0 radical (unpaired) electrons. The van der Waals surface area contributed by atoms with E-state index in [4.69, 9.17) is 31.0 Å². The van der Waals surface area contributed by atoms with Crippen LogP contribution in [0.5, 0.6) is 11.5 Å². The number of carboxylic acid groups (broad SMARTS) is 1. The number of carbonyl (C=O) groups is 1. The van der Waals surface area contributed by atoms with Crippen LogP contribution in [-0.2, 0) is 31.0 Å². The Morgan fingerprint density at radius 3 is 2.14 bits per heavy atom. The number of ether oxygens (including phenoxy) is 2. The second kappa shape index (κ2) is 19.3. The molecule has 268 valence electrons. The minimum atomic E-state index is -0.250. The Hall–Kier alpha value is -4.42. The maximum atomic E-state index is 9.30. The Morgan fingerprint density at radius 2 is 1.45 bits per heavy atom. The van der Waals surface area contributed by atoms with Crippen molar-refractivity contribution in [1.82, 2.24) is 14.8 Å². The Kier molecular flexibility index (Phi) is 14.3. The molecular formula is C42H49ClN4O4. The summed E-state index contributed by atoms with van der Waals surface area (Å²) in [5.74, 6) is 1.33. The summed E-state index contributed by atoms with van der Waals surface area (Å²) in [6, 6.07) is 21.1. The van der Waals surface area contributed by atoms with E-state index in [0.29, 0.717) is 29.5 Å². The van der Waals surface area contributed by atoms with Gasteiger partial charge in [-0.25, -0.2) is 0 Å². The molecule has 2 saturated heterocycles. The van der Waals surface area contributed by atoms with Crippen molar-refractivity contribution >= 4 is 18.1 Å². The van der Waals surface area contributed by atoms with Gasteiger partial charge in [0.05, 0.1) is 10.6 Å². The highest BCUT2D eigenvalue weighted by atomic mass is 35.5. The molecule has 9 heteroatoms. The fraction of sp³-hybridized carbons (Fsp3) is 0.405. The first-order valence-electron chi connectivity index (χ1n) is 18.0. The molecule has 6 rings (SSSR count). The largest absolute Gasteiger partial charge is 0.488 e. The molecule has 4 aromatic rings. The van der Waals surface area contributed by atoms with E-state index in [-0.39, 0.29) is 6.47 Å². The molecule has 8 nitrogen and oxygen atoms in total. The van der Waals surface area contributed by atoms with Crippen LogP contribution in [-0.4, -0.2) is 59.1 Å². The zero-order valence-corrected chi connectivity index (χ0v) is 30.6. The number of benzene rings is 3. The topological polar surface area (TPSA) is 98.9 Å². The van der Waals surface area contributed by atoms with E-state index in [9.17, 15) is 5.26 Å². The van der Waals surface area contributed by atoms with Crippen LogP contribution in [0.1, 0.15) is 77.5 Å². The molecule has 1 N–H and O–H groups in total.